The van der Waals surface area contributed by atoms with Gasteiger partial charge in [-0.3, -0.25) is 0 Å². The summed E-state index contributed by atoms with van der Waals surface area (Å²) in [6, 6.07) is 7.66. The van der Waals surface area contributed by atoms with Gasteiger partial charge in [0.15, 0.2) is 0 Å². The molecule has 0 N–H and O–H groups in total. The highest BCUT2D eigenvalue weighted by atomic mass is 35.5. The summed E-state index contributed by atoms with van der Waals surface area (Å²) in [4.78, 5) is 0. The largest absolute Gasteiger partial charge is 0.476 e. The Morgan fingerprint density at radius 3 is 2.81 bits per heavy atom. The number of rotatable bonds is 2. The van der Waals surface area contributed by atoms with Gasteiger partial charge in [-0.25, -0.2) is 4.52 Å². The third-order valence-corrected chi connectivity index (χ3v) is 1.90. The van der Waals surface area contributed by atoms with Crippen LogP contribution in [0.4, 0.5) is 0 Å². The molecule has 0 aliphatic carbocycles. The topological polar surface area (TPSA) is 50.3 Å². The van der Waals surface area contributed by atoms with Gasteiger partial charge in [0.25, 0.3) is 5.88 Å². The van der Waals surface area contributed by atoms with E-state index in [2.05, 4.69) is 11.2 Å². The van der Waals surface area contributed by atoms with Gasteiger partial charge in [-0.15, -0.1) is 29.9 Å². The summed E-state index contributed by atoms with van der Waals surface area (Å²) in [7, 11) is 0. The second-order valence-electron chi connectivity index (χ2n) is 2.76. The first-order valence-corrected chi connectivity index (χ1v) is 4.37. The van der Waals surface area contributed by atoms with E-state index in [1.54, 1.807) is 10.7 Å². The summed E-state index contributed by atoms with van der Waals surface area (Å²) in [5.41, 5.74) is 1.27. The Balaban J connectivity index is 0.00000112. The molecular weight excluding hydrogens is 249 g/mol. The van der Waals surface area contributed by atoms with Crippen molar-refractivity contribution in [2.75, 3.05) is 6.61 Å². The summed E-state index contributed by atoms with van der Waals surface area (Å²) in [5.74, 6) is 0.404. The lowest BCUT2D eigenvalue weighted by atomic mass is 10.3. The first-order valence-electron chi connectivity index (χ1n) is 4.37. The fourth-order valence-corrected chi connectivity index (χ4v) is 1.32. The average Bonchev–Trinajstić information content (AvgIpc) is 2.55. The molecule has 0 atom stereocenters. The van der Waals surface area contributed by atoms with Crippen LogP contribution in [-0.2, 0) is 0 Å². The molecule has 2 heterocycles. The zero-order chi connectivity index (χ0) is 9.97. The lowest BCUT2D eigenvalue weighted by Gasteiger charge is -1.95. The minimum atomic E-state index is 0. The normalized spacial score (nSPS) is 8.75. The van der Waals surface area contributed by atoms with E-state index in [0.717, 1.165) is 5.52 Å². The minimum Gasteiger partial charge on any atom is -0.476 e. The number of ether oxygens (including phenoxy) is 1. The molecule has 6 heteroatoms. The molecule has 0 amide bonds. The summed E-state index contributed by atoms with van der Waals surface area (Å²) in [5, 5.41) is 13.1. The van der Waals surface area contributed by atoms with Crippen LogP contribution in [0.25, 0.3) is 5.52 Å². The van der Waals surface area contributed by atoms with E-state index in [1.165, 1.54) is 0 Å². The summed E-state index contributed by atoms with van der Waals surface area (Å²) in [6.45, 7) is 2.38. The molecule has 0 unspecified atom stereocenters. The Morgan fingerprint density at radius 1 is 1.44 bits per heavy atom. The Morgan fingerprint density at radius 2 is 2.19 bits per heavy atom. The SMILES string of the molecule is CCOc1nn2ccccc2c1C#N.Cl.Cl. The van der Waals surface area contributed by atoms with E-state index in [1.807, 2.05) is 25.1 Å². The molecule has 0 aliphatic rings. The molecule has 0 spiro atoms. The van der Waals surface area contributed by atoms with Crippen LogP contribution in [0.5, 0.6) is 5.88 Å². The minimum absolute atomic E-state index is 0. The third-order valence-electron chi connectivity index (χ3n) is 1.90. The van der Waals surface area contributed by atoms with Crippen molar-refractivity contribution in [1.29, 1.82) is 5.26 Å². The van der Waals surface area contributed by atoms with Gasteiger partial charge in [-0.1, -0.05) is 6.07 Å². The quantitative estimate of drug-likeness (QED) is 0.833. The number of aromatic nitrogens is 2. The molecule has 0 aliphatic heterocycles. The monoisotopic (exact) mass is 259 g/mol. The number of nitriles is 1. The highest BCUT2D eigenvalue weighted by Gasteiger charge is 2.11. The van der Waals surface area contributed by atoms with Crippen molar-refractivity contribution in [2.24, 2.45) is 0 Å². The summed E-state index contributed by atoms with van der Waals surface area (Å²) < 4.78 is 6.90. The third kappa shape index (κ3) is 2.38. The average molecular weight is 260 g/mol. The number of hydrogen-bond donors (Lipinski definition) is 0. The van der Waals surface area contributed by atoms with Crippen LogP contribution in [0, 0.1) is 11.3 Å². The Hall–Kier alpha value is -1.44. The van der Waals surface area contributed by atoms with Gasteiger partial charge in [-0.05, 0) is 19.1 Å². The van der Waals surface area contributed by atoms with Crippen molar-refractivity contribution < 1.29 is 4.74 Å². The number of nitrogens with zero attached hydrogens (tertiary/aromatic N) is 3. The molecule has 0 aromatic carbocycles. The van der Waals surface area contributed by atoms with Gasteiger partial charge in [-0.2, -0.15) is 5.26 Å². The Kier molecular flexibility index (Phi) is 5.65. The fourth-order valence-electron chi connectivity index (χ4n) is 1.32. The smallest absolute Gasteiger partial charge is 0.252 e. The van der Waals surface area contributed by atoms with Crippen LogP contribution in [-0.4, -0.2) is 16.2 Å². The lowest BCUT2D eigenvalue weighted by molar-refractivity contribution is 0.324. The van der Waals surface area contributed by atoms with E-state index >= 15 is 0 Å². The Labute approximate surface area is 106 Å². The molecule has 0 bridgehead atoms. The van der Waals surface area contributed by atoms with Gasteiger partial charge in [0.05, 0.1) is 12.1 Å². The van der Waals surface area contributed by atoms with E-state index in [4.69, 9.17) is 10.00 Å². The number of pyridine rings is 1. The first kappa shape index (κ1) is 14.6. The Bertz CT molecular complexity index is 504. The van der Waals surface area contributed by atoms with Gasteiger partial charge in [0, 0.05) is 6.20 Å². The molecule has 4 nitrogen and oxygen atoms in total. The van der Waals surface area contributed by atoms with Gasteiger partial charge >= 0.3 is 0 Å². The van der Waals surface area contributed by atoms with Crippen LogP contribution in [0.15, 0.2) is 24.4 Å². The molecule has 0 radical (unpaired) electrons. The molecule has 0 fully saturated rings. The number of halogens is 2. The van der Waals surface area contributed by atoms with Crippen LogP contribution in [0.1, 0.15) is 12.5 Å². The molecule has 2 rings (SSSR count). The predicted molar refractivity (Wildman–Crippen MR) is 65.6 cm³/mol. The van der Waals surface area contributed by atoms with Gasteiger partial charge in [0.2, 0.25) is 0 Å². The van der Waals surface area contributed by atoms with Crippen molar-refractivity contribution in [3.8, 4) is 11.9 Å². The van der Waals surface area contributed by atoms with Crippen LogP contribution < -0.4 is 4.74 Å². The van der Waals surface area contributed by atoms with Gasteiger partial charge in [0.1, 0.15) is 11.6 Å². The van der Waals surface area contributed by atoms with E-state index < -0.39 is 0 Å². The highest BCUT2D eigenvalue weighted by Crippen LogP contribution is 2.20. The molecule has 16 heavy (non-hydrogen) atoms. The zero-order valence-corrected chi connectivity index (χ0v) is 10.2. The molecular formula is C10H11Cl2N3O. The maximum absolute atomic E-state index is 8.95. The van der Waals surface area contributed by atoms with Crippen molar-refractivity contribution in [1.82, 2.24) is 9.61 Å². The van der Waals surface area contributed by atoms with E-state index in [0.29, 0.717) is 18.1 Å². The summed E-state index contributed by atoms with van der Waals surface area (Å²) in [6.07, 6.45) is 1.79. The van der Waals surface area contributed by atoms with Crippen molar-refractivity contribution in [2.45, 2.75) is 6.92 Å². The lowest BCUT2D eigenvalue weighted by Crippen LogP contribution is -1.93. The second-order valence-corrected chi connectivity index (χ2v) is 2.76. The van der Waals surface area contributed by atoms with E-state index in [-0.39, 0.29) is 24.8 Å². The number of hydrogen-bond acceptors (Lipinski definition) is 3. The van der Waals surface area contributed by atoms with Crippen LogP contribution in [0.3, 0.4) is 0 Å². The molecule has 86 valence electrons. The molecule has 2 aromatic rings. The van der Waals surface area contributed by atoms with Gasteiger partial charge < -0.3 is 4.74 Å². The standard InChI is InChI=1S/C10H9N3O.2ClH/c1-2-14-10-8(7-11)9-5-3-4-6-13(9)12-10;;/h3-6H,2H2,1H3;2*1H. The van der Waals surface area contributed by atoms with Crippen molar-refractivity contribution in [3.05, 3.63) is 30.0 Å². The van der Waals surface area contributed by atoms with Crippen molar-refractivity contribution >= 4 is 30.3 Å². The zero-order valence-electron chi connectivity index (χ0n) is 8.58. The fraction of sp³-hybridized carbons (Fsp3) is 0.200. The molecule has 0 saturated heterocycles. The predicted octanol–water partition coefficient (Wildman–Crippen LogP) is 2.45. The second kappa shape index (κ2) is 6.21. The maximum atomic E-state index is 8.95. The van der Waals surface area contributed by atoms with Crippen LogP contribution in [0.2, 0.25) is 0 Å². The first-order chi connectivity index (χ1) is 6.86. The van der Waals surface area contributed by atoms with Crippen LogP contribution >= 0.6 is 24.8 Å². The maximum Gasteiger partial charge on any atom is 0.252 e. The molecule has 0 saturated carbocycles. The molecule has 2 aromatic heterocycles. The van der Waals surface area contributed by atoms with E-state index in [9.17, 15) is 0 Å². The highest BCUT2D eigenvalue weighted by molar-refractivity contribution is 5.85. The number of fused-ring (bicyclic) bond motifs is 1. The van der Waals surface area contributed by atoms with Crippen molar-refractivity contribution in [3.63, 3.8) is 0 Å². The summed E-state index contributed by atoms with van der Waals surface area (Å²) >= 11 is 0.